The molecule has 0 saturated carbocycles. The van der Waals surface area contributed by atoms with Crippen molar-refractivity contribution in [2.24, 2.45) is 0 Å². The van der Waals surface area contributed by atoms with Crippen molar-refractivity contribution in [1.82, 2.24) is 10.3 Å². The number of aromatic nitrogens is 1. The van der Waals surface area contributed by atoms with E-state index in [9.17, 15) is 4.79 Å². The lowest BCUT2D eigenvalue weighted by atomic mass is 10.2. The Labute approximate surface area is 165 Å². The van der Waals surface area contributed by atoms with Crippen molar-refractivity contribution in [3.8, 4) is 0 Å². The number of hydrogen-bond acceptors (Lipinski definition) is 3. The molecule has 130 valence electrons. The van der Waals surface area contributed by atoms with Crippen LogP contribution in [0.1, 0.15) is 5.69 Å². The van der Waals surface area contributed by atoms with Crippen LogP contribution in [0.15, 0.2) is 70.6 Å². The molecule has 0 atom stereocenters. The number of nitrogens with one attached hydrogen (secondary N) is 1. The minimum Gasteiger partial charge on any atom is -0.332 e. The van der Waals surface area contributed by atoms with Gasteiger partial charge in [-0.05, 0) is 36.4 Å². The number of carbonyl (C=O) groups excluding carboxylic acids is 1. The molecule has 4 nitrogen and oxygen atoms in total. The van der Waals surface area contributed by atoms with Gasteiger partial charge in [0.2, 0.25) is 0 Å². The molecule has 2 amide bonds. The number of rotatable bonds is 3. The van der Waals surface area contributed by atoms with E-state index in [4.69, 9.17) is 28.2 Å². The lowest BCUT2D eigenvalue weighted by Gasteiger charge is -2.30. The second-order valence-electron chi connectivity index (χ2n) is 5.59. The van der Waals surface area contributed by atoms with Crippen molar-refractivity contribution in [2.75, 3.05) is 4.90 Å². The van der Waals surface area contributed by atoms with Gasteiger partial charge in [-0.1, -0.05) is 59.2 Å². The van der Waals surface area contributed by atoms with Gasteiger partial charge in [0, 0.05) is 4.90 Å². The van der Waals surface area contributed by atoms with Crippen LogP contribution in [-0.4, -0.2) is 11.0 Å². The first-order valence-electron chi connectivity index (χ1n) is 7.88. The summed E-state index contributed by atoms with van der Waals surface area (Å²) in [5.41, 5.74) is 1.90. The number of anilines is 2. The zero-order valence-corrected chi connectivity index (χ0v) is 15.8. The van der Waals surface area contributed by atoms with Crippen LogP contribution in [0.5, 0.6) is 0 Å². The van der Waals surface area contributed by atoms with E-state index in [1.165, 1.54) is 4.90 Å². The lowest BCUT2D eigenvalue weighted by molar-refractivity contribution is 0.246. The number of nitrogens with zero attached hydrogens (tertiary/aromatic N) is 2. The zero-order valence-electron chi connectivity index (χ0n) is 13.4. The van der Waals surface area contributed by atoms with Gasteiger partial charge in [0.25, 0.3) is 0 Å². The zero-order chi connectivity index (χ0) is 18.1. The summed E-state index contributed by atoms with van der Waals surface area (Å²) >= 11 is 14.2. The Morgan fingerprint density at radius 1 is 0.962 bits per heavy atom. The van der Waals surface area contributed by atoms with E-state index >= 15 is 0 Å². The topological polar surface area (TPSA) is 45.2 Å². The predicted octanol–water partition coefficient (Wildman–Crippen LogP) is 5.90. The molecule has 0 aliphatic carbocycles. The van der Waals surface area contributed by atoms with E-state index in [1.54, 1.807) is 30.0 Å². The number of halogens is 2. The molecule has 1 N–H and O–H groups in total. The van der Waals surface area contributed by atoms with Crippen molar-refractivity contribution in [1.29, 1.82) is 0 Å². The van der Waals surface area contributed by atoms with E-state index < -0.39 is 0 Å². The standard InChI is InChI=1S/C19H13Cl2N3OS/c20-13-7-4-8-14(21)18(13)24-16-9-10-17(23-15(16)11-22-19(24)25)26-12-5-2-1-3-6-12/h1-10H,11H2,(H,22,25). The summed E-state index contributed by atoms with van der Waals surface area (Å²) in [6.45, 7) is 0.357. The fourth-order valence-electron chi connectivity index (χ4n) is 2.75. The van der Waals surface area contributed by atoms with Gasteiger partial charge in [-0.25, -0.2) is 9.78 Å². The Morgan fingerprint density at radius 2 is 1.69 bits per heavy atom. The van der Waals surface area contributed by atoms with Gasteiger partial charge in [-0.3, -0.25) is 4.90 Å². The first kappa shape index (κ1) is 17.2. The second-order valence-corrected chi connectivity index (χ2v) is 7.50. The molecule has 2 heterocycles. The molecule has 7 heteroatoms. The van der Waals surface area contributed by atoms with Gasteiger partial charge >= 0.3 is 6.03 Å². The summed E-state index contributed by atoms with van der Waals surface area (Å²) in [7, 11) is 0. The third kappa shape index (κ3) is 3.26. The molecule has 0 unspecified atom stereocenters. The van der Waals surface area contributed by atoms with Crippen LogP contribution in [-0.2, 0) is 6.54 Å². The predicted molar refractivity (Wildman–Crippen MR) is 106 cm³/mol. The maximum Gasteiger partial charge on any atom is 0.326 e. The largest absolute Gasteiger partial charge is 0.332 e. The minimum atomic E-state index is -0.280. The molecule has 1 aliphatic rings. The molecular weight excluding hydrogens is 389 g/mol. The van der Waals surface area contributed by atoms with Gasteiger partial charge in [-0.2, -0.15) is 0 Å². The van der Waals surface area contributed by atoms with Crippen LogP contribution in [0.3, 0.4) is 0 Å². The van der Waals surface area contributed by atoms with E-state index in [0.29, 0.717) is 28.0 Å². The van der Waals surface area contributed by atoms with Gasteiger partial charge in [0.1, 0.15) is 5.03 Å². The van der Waals surface area contributed by atoms with Gasteiger partial charge in [0.05, 0.1) is 33.7 Å². The van der Waals surface area contributed by atoms with E-state index in [2.05, 4.69) is 5.32 Å². The third-order valence-electron chi connectivity index (χ3n) is 3.90. The second kappa shape index (κ2) is 7.19. The number of fused-ring (bicyclic) bond motifs is 1. The maximum absolute atomic E-state index is 12.5. The van der Waals surface area contributed by atoms with E-state index in [-0.39, 0.29) is 6.03 Å². The summed E-state index contributed by atoms with van der Waals surface area (Å²) < 4.78 is 0. The number of amides is 2. The van der Waals surface area contributed by atoms with Crippen LogP contribution in [0, 0.1) is 0 Å². The lowest BCUT2D eigenvalue weighted by Crippen LogP contribution is -2.41. The normalized spacial score (nSPS) is 13.3. The van der Waals surface area contributed by atoms with E-state index in [1.807, 2.05) is 42.5 Å². The van der Waals surface area contributed by atoms with E-state index in [0.717, 1.165) is 15.6 Å². The molecule has 0 spiro atoms. The van der Waals surface area contributed by atoms with Crippen LogP contribution >= 0.6 is 35.0 Å². The highest BCUT2D eigenvalue weighted by molar-refractivity contribution is 7.99. The van der Waals surface area contributed by atoms with Crippen LogP contribution in [0.4, 0.5) is 16.2 Å². The average Bonchev–Trinajstić information content (AvgIpc) is 2.64. The smallest absolute Gasteiger partial charge is 0.326 e. The fourth-order valence-corrected chi connectivity index (χ4v) is 4.14. The number of para-hydroxylation sites is 1. The molecular formula is C19H13Cl2N3OS. The van der Waals surface area contributed by atoms with Crippen LogP contribution < -0.4 is 10.2 Å². The van der Waals surface area contributed by atoms with Gasteiger partial charge in [-0.15, -0.1) is 0 Å². The van der Waals surface area contributed by atoms with Crippen molar-refractivity contribution < 1.29 is 4.79 Å². The Morgan fingerprint density at radius 3 is 2.42 bits per heavy atom. The number of benzene rings is 2. The molecule has 3 aromatic rings. The summed E-state index contributed by atoms with van der Waals surface area (Å²) in [5.74, 6) is 0. The first-order chi connectivity index (χ1) is 12.6. The monoisotopic (exact) mass is 401 g/mol. The number of hydrogen-bond donors (Lipinski definition) is 1. The minimum absolute atomic E-state index is 0.280. The Bertz CT molecular complexity index is 962. The van der Waals surface area contributed by atoms with Crippen LogP contribution in [0.25, 0.3) is 0 Å². The highest BCUT2D eigenvalue weighted by Gasteiger charge is 2.29. The van der Waals surface area contributed by atoms with Crippen LogP contribution in [0.2, 0.25) is 10.0 Å². The molecule has 1 aliphatic heterocycles. The highest BCUT2D eigenvalue weighted by Crippen LogP contribution is 2.41. The quantitative estimate of drug-likeness (QED) is 0.593. The summed E-state index contributed by atoms with van der Waals surface area (Å²) in [5, 5.41) is 4.50. The molecule has 26 heavy (non-hydrogen) atoms. The van der Waals surface area contributed by atoms with Gasteiger partial charge < -0.3 is 5.32 Å². The average molecular weight is 402 g/mol. The Hall–Kier alpha value is -2.21. The Kier molecular flexibility index (Phi) is 4.76. The summed E-state index contributed by atoms with van der Waals surface area (Å²) in [6.07, 6.45) is 0. The van der Waals surface area contributed by atoms with Crippen molar-refractivity contribution in [2.45, 2.75) is 16.5 Å². The molecule has 0 saturated heterocycles. The third-order valence-corrected chi connectivity index (χ3v) is 5.46. The molecule has 4 rings (SSSR count). The number of pyridine rings is 1. The molecule has 0 fully saturated rings. The SMILES string of the molecule is O=C1NCc2nc(Sc3ccccc3)ccc2N1c1c(Cl)cccc1Cl. The molecule has 0 radical (unpaired) electrons. The highest BCUT2D eigenvalue weighted by atomic mass is 35.5. The fraction of sp³-hybridized carbons (Fsp3) is 0.0526. The summed E-state index contributed by atoms with van der Waals surface area (Å²) in [4.78, 5) is 19.8. The number of urea groups is 1. The van der Waals surface area contributed by atoms with Crippen molar-refractivity contribution in [3.05, 3.63) is 76.4 Å². The van der Waals surface area contributed by atoms with Crippen molar-refractivity contribution >= 4 is 52.4 Å². The molecule has 1 aromatic heterocycles. The maximum atomic E-state index is 12.5. The molecule has 2 aromatic carbocycles. The van der Waals surface area contributed by atoms with Crippen molar-refractivity contribution in [3.63, 3.8) is 0 Å². The molecule has 0 bridgehead atoms. The van der Waals surface area contributed by atoms with Gasteiger partial charge in [0.15, 0.2) is 0 Å². The number of carbonyl (C=O) groups is 1. The Balaban J connectivity index is 1.74. The first-order valence-corrected chi connectivity index (χ1v) is 9.45. The summed E-state index contributed by atoms with van der Waals surface area (Å²) in [6, 6.07) is 18.7.